The van der Waals surface area contributed by atoms with Gasteiger partial charge < -0.3 is 28.8 Å². The van der Waals surface area contributed by atoms with Gasteiger partial charge in [-0.25, -0.2) is 13.8 Å². The summed E-state index contributed by atoms with van der Waals surface area (Å²) in [7, 11) is 1.44. The smallest absolute Gasteiger partial charge is 0.248 e. The summed E-state index contributed by atoms with van der Waals surface area (Å²) in [4.78, 5) is 20.6. The summed E-state index contributed by atoms with van der Waals surface area (Å²) in [5, 5.41) is 11.6. The van der Waals surface area contributed by atoms with E-state index in [0.717, 1.165) is 48.7 Å². The van der Waals surface area contributed by atoms with Gasteiger partial charge in [-0.2, -0.15) is 0 Å². The van der Waals surface area contributed by atoms with Crippen molar-refractivity contribution < 1.29 is 32.9 Å². The zero-order valence-corrected chi connectivity index (χ0v) is 23.6. The van der Waals surface area contributed by atoms with Crippen molar-refractivity contribution in [3.63, 3.8) is 0 Å². The Morgan fingerprint density at radius 2 is 1.90 bits per heavy atom. The number of aryl methyl sites for hydroxylation is 2. The average molecular weight is 573 g/mol. The zero-order chi connectivity index (χ0) is 29.2. The fourth-order valence-electron chi connectivity index (χ4n) is 4.95. The molecule has 0 bridgehead atoms. The van der Waals surface area contributed by atoms with Crippen LogP contribution in [0.3, 0.4) is 0 Å². The van der Waals surface area contributed by atoms with Crippen LogP contribution in [0.15, 0.2) is 54.9 Å². The third-order valence-corrected chi connectivity index (χ3v) is 6.94. The predicted molar refractivity (Wildman–Crippen MR) is 149 cm³/mol. The zero-order valence-electron chi connectivity index (χ0n) is 23.6. The number of carbonyl (C=O) groups is 1. The summed E-state index contributed by atoms with van der Waals surface area (Å²) in [6, 6.07) is 11.0. The average Bonchev–Trinajstić information content (AvgIpc) is 3.34. The van der Waals surface area contributed by atoms with E-state index in [-0.39, 0.29) is 38.0 Å². The second-order valence-corrected chi connectivity index (χ2v) is 10.3. The van der Waals surface area contributed by atoms with Gasteiger partial charge in [-0.3, -0.25) is 9.69 Å². The van der Waals surface area contributed by atoms with Gasteiger partial charge in [0.05, 0.1) is 13.2 Å². The van der Waals surface area contributed by atoms with Crippen LogP contribution in [0.1, 0.15) is 24.7 Å². The Labute approximate surface area is 239 Å². The molecule has 1 amide bonds. The number of aliphatic hydroxyl groups is 1. The highest BCUT2D eigenvalue weighted by Crippen LogP contribution is 2.22. The number of imidazole rings is 1. The molecule has 9 nitrogen and oxygen atoms in total. The maximum Gasteiger partial charge on any atom is 0.248 e. The second kappa shape index (κ2) is 14.4. The number of β-amino-alcohol motifs (C(OH)–C–C–N with tert-alkyl or cyclic N) is 1. The number of aromatic nitrogens is 2. The molecule has 1 aromatic heterocycles. The van der Waals surface area contributed by atoms with Crippen LogP contribution < -0.4 is 9.47 Å². The van der Waals surface area contributed by atoms with Gasteiger partial charge in [0.15, 0.2) is 11.6 Å². The normalized spacial score (nSPS) is 17.8. The lowest BCUT2D eigenvalue weighted by molar-refractivity contribution is -0.138. The molecule has 0 aliphatic carbocycles. The van der Waals surface area contributed by atoms with E-state index < -0.39 is 17.2 Å². The van der Waals surface area contributed by atoms with E-state index in [1.807, 2.05) is 41.6 Å². The Kier molecular flexibility index (Phi) is 10.7. The molecule has 2 aromatic carbocycles. The van der Waals surface area contributed by atoms with Crippen LogP contribution >= 0.6 is 0 Å². The largest absolute Gasteiger partial charge is 0.494 e. The van der Waals surface area contributed by atoms with Crippen molar-refractivity contribution in [1.82, 2.24) is 19.4 Å². The van der Waals surface area contributed by atoms with E-state index in [9.17, 15) is 18.7 Å². The van der Waals surface area contributed by atoms with Gasteiger partial charge in [0.1, 0.15) is 36.1 Å². The minimum Gasteiger partial charge on any atom is -0.494 e. The molecular formula is C30H38F2N4O5. The van der Waals surface area contributed by atoms with Crippen molar-refractivity contribution in [1.29, 1.82) is 0 Å². The summed E-state index contributed by atoms with van der Waals surface area (Å²) in [5.74, 6) is -0.370. The van der Waals surface area contributed by atoms with Crippen molar-refractivity contribution in [2.24, 2.45) is 0 Å². The van der Waals surface area contributed by atoms with Crippen LogP contribution in [-0.4, -0.2) is 89.1 Å². The molecule has 0 radical (unpaired) electrons. The van der Waals surface area contributed by atoms with E-state index in [0.29, 0.717) is 26.2 Å². The molecule has 1 aliphatic heterocycles. The molecule has 11 heteroatoms. The summed E-state index contributed by atoms with van der Waals surface area (Å²) >= 11 is 0. The number of hydrogen-bond donors (Lipinski definition) is 1. The monoisotopic (exact) mass is 572 g/mol. The Morgan fingerprint density at radius 3 is 2.68 bits per heavy atom. The van der Waals surface area contributed by atoms with Gasteiger partial charge in [-0.1, -0.05) is 19.1 Å². The number of ether oxygens (including phenoxy) is 3. The third-order valence-electron chi connectivity index (χ3n) is 6.94. The standard InChI is InChI=1S/C30H38F2N4O5/c1-3-28-33-10-12-35(28)11-5-15-40-24-7-4-6-23(16-24)18-34-13-14-36(29(37)19-39-2)21-30(38,20-34)22-41-25-8-9-26(31)27(32)17-25/h4,6-10,12,16-17,38H,3,5,11,13-15,18-22H2,1-2H3. The molecule has 1 unspecified atom stereocenters. The molecule has 3 aromatic rings. The van der Waals surface area contributed by atoms with E-state index >= 15 is 0 Å². The van der Waals surface area contributed by atoms with E-state index in [1.54, 1.807) is 4.90 Å². The third kappa shape index (κ3) is 8.72. The van der Waals surface area contributed by atoms with Crippen LogP contribution in [0.4, 0.5) is 8.78 Å². The highest BCUT2D eigenvalue weighted by atomic mass is 19.2. The Balaban J connectivity index is 1.38. The number of carbonyl (C=O) groups excluding carboxylic acids is 1. The van der Waals surface area contributed by atoms with E-state index in [1.165, 1.54) is 13.2 Å². The summed E-state index contributed by atoms with van der Waals surface area (Å²) in [6.45, 7) is 4.76. The number of amides is 1. The van der Waals surface area contributed by atoms with Gasteiger partial charge in [0, 0.05) is 64.7 Å². The van der Waals surface area contributed by atoms with Crippen LogP contribution in [0, 0.1) is 11.6 Å². The lowest BCUT2D eigenvalue weighted by atomic mass is 10.0. The van der Waals surface area contributed by atoms with Crippen molar-refractivity contribution in [2.45, 2.75) is 38.5 Å². The molecule has 222 valence electrons. The van der Waals surface area contributed by atoms with Crippen LogP contribution in [0.2, 0.25) is 0 Å². The SMILES string of the molecule is CCc1nccn1CCCOc1cccc(CN2CCN(C(=O)COC)CC(O)(COc3ccc(F)c(F)c3)C2)c1. The molecule has 1 aliphatic rings. The number of rotatable bonds is 13. The van der Waals surface area contributed by atoms with Crippen molar-refractivity contribution in [2.75, 3.05) is 53.1 Å². The molecular weight excluding hydrogens is 534 g/mol. The molecule has 1 N–H and O–H groups in total. The molecule has 0 saturated carbocycles. The molecule has 2 heterocycles. The maximum atomic E-state index is 13.7. The number of nitrogens with zero attached hydrogens (tertiary/aromatic N) is 4. The van der Waals surface area contributed by atoms with Gasteiger partial charge in [0.25, 0.3) is 0 Å². The van der Waals surface area contributed by atoms with Gasteiger partial charge >= 0.3 is 0 Å². The van der Waals surface area contributed by atoms with Crippen LogP contribution in [-0.2, 0) is 29.0 Å². The number of methoxy groups -OCH3 is 1. The van der Waals surface area contributed by atoms with Crippen molar-refractivity contribution >= 4 is 5.91 Å². The summed E-state index contributed by atoms with van der Waals surface area (Å²) < 4.78 is 45.8. The molecule has 1 saturated heterocycles. The van der Waals surface area contributed by atoms with E-state index in [2.05, 4.69) is 16.5 Å². The van der Waals surface area contributed by atoms with Gasteiger partial charge in [-0.15, -0.1) is 0 Å². The molecule has 1 atom stereocenters. The first-order valence-corrected chi connectivity index (χ1v) is 13.8. The first kappa shape index (κ1) is 30.4. The minimum absolute atomic E-state index is 0.00911. The Bertz CT molecular complexity index is 1290. The molecule has 1 fully saturated rings. The van der Waals surface area contributed by atoms with Gasteiger partial charge in [-0.05, 0) is 36.2 Å². The first-order valence-electron chi connectivity index (χ1n) is 13.8. The number of halogens is 2. The van der Waals surface area contributed by atoms with Crippen LogP contribution in [0.25, 0.3) is 0 Å². The highest BCUT2D eigenvalue weighted by molar-refractivity contribution is 5.77. The lowest BCUT2D eigenvalue weighted by Crippen LogP contribution is -2.52. The van der Waals surface area contributed by atoms with Crippen molar-refractivity contribution in [3.05, 3.63) is 77.9 Å². The highest BCUT2D eigenvalue weighted by Gasteiger charge is 2.37. The Hall–Kier alpha value is -3.54. The minimum atomic E-state index is -1.47. The van der Waals surface area contributed by atoms with Crippen LogP contribution in [0.5, 0.6) is 11.5 Å². The molecule has 4 rings (SSSR count). The first-order chi connectivity index (χ1) is 19.8. The van der Waals surface area contributed by atoms with Crippen molar-refractivity contribution in [3.8, 4) is 11.5 Å². The number of hydrogen-bond acceptors (Lipinski definition) is 7. The quantitative estimate of drug-likeness (QED) is 0.315. The fraction of sp³-hybridized carbons (Fsp3) is 0.467. The topological polar surface area (TPSA) is 89.3 Å². The van der Waals surface area contributed by atoms with E-state index in [4.69, 9.17) is 14.2 Å². The lowest BCUT2D eigenvalue weighted by Gasteiger charge is -2.33. The maximum absolute atomic E-state index is 13.7. The van der Waals surface area contributed by atoms with Gasteiger partial charge in [0.2, 0.25) is 5.91 Å². The second-order valence-electron chi connectivity index (χ2n) is 10.3. The predicted octanol–water partition coefficient (Wildman–Crippen LogP) is 3.29. The number of benzene rings is 2. The summed E-state index contributed by atoms with van der Waals surface area (Å²) in [6.07, 6.45) is 5.52. The molecule has 41 heavy (non-hydrogen) atoms. The summed E-state index contributed by atoms with van der Waals surface area (Å²) in [5.41, 5.74) is -0.477. The molecule has 0 spiro atoms. The Morgan fingerprint density at radius 1 is 1.07 bits per heavy atom. The fourth-order valence-corrected chi connectivity index (χ4v) is 4.95.